The third kappa shape index (κ3) is 3.45. The van der Waals surface area contributed by atoms with Gasteiger partial charge in [0.15, 0.2) is 5.78 Å². The third-order valence-electron chi connectivity index (χ3n) is 2.93. The van der Waals surface area contributed by atoms with Crippen LogP contribution in [0, 0.1) is 0 Å². The van der Waals surface area contributed by atoms with E-state index in [4.69, 9.17) is 5.21 Å². The van der Waals surface area contributed by atoms with Gasteiger partial charge in [-0.2, -0.15) is 0 Å². The van der Waals surface area contributed by atoms with Crippen LogP contribution in [-0.4, -0.2) is 25.1 Å². The van der Waals surface area contributed by atoms with E-state index in [1.807, 2.05) is 43.3 Å². The van der Waals surface area contributed by atoms with Gasteiger partial charge in [0.1, 0.15) is 0 Å². The van der Waals surface area contributed by atoms with Gasteiger partial charge in [-0.1, -0.05) is 18.2 Å². The summed E-state index contributed by atoms with van der Waals surface area (Å²) in [5, 5.41) is 9.10. The molecule has 0 fully saturated rings. The zero-order chi connectivity index (χ0) is 14.5. The molecule has 1 heterocycles. The van der Waals surface area contributed by atoms with Gasteiger partial charge in [-0.15, -0.1) is 0 Å². The van der Waals surface area contributed by atoms with Crippen LogP contribution in [0.25, 0.3) is 6.08 Å². The number of hydrogen-bond donors (Lipinski definition) is 1. The van der Waals surface area contributed by atoms with Crippen molar-refractivity contribution in [2.24, 2.45) is 0 Å². The predicted octanol–water partition coefficient (Wildman–Crippen LogP) is 2.17. The second-order valence-corrected chi connectivity index (χ2v) is 4.65. The van der Waals surface area contributed by atoms with Crippen molar-refractivity contribution in [3.8, 4) is 0 Å². The summed E-state index contributed by atoms with van der Waals surface area (Å²) in [5.41, 5.74) is 2.62. The summed E-state index contributed by atoms with van der Waals surface area (Å²) < 4.78 is 0.903. The van der Waals surface area contributed by atoms with E-state index in [0.29, 0.717) is 5.56 Å². The Balaban J connectivity index is 2.08. The number of benzene rings is 1. The number of rotatable bonds is 4. The summed E-state index contributed by atoms with van der Waals surface area (Å²) in [6.45, 7) is 0. The van der Waals surface area contributed by atoms with E-state index in [1.54, 1.807) is 18.2 Å². The Hall–Kier alpha value is -2.62. The molecule has 0 saturated heterocycles. The summed E-state index contributed by atoms with van der Waals surface area (Å²) in [7, 11) is 3.97. The monoisotopic (exact) mass is 269 g/mol. The normalized spacial score (nSPS) is 10.7. The molecule has 0 saturated carbocycles. The lowest BCUT2D eigenvalue weighted by Crippen LogP contribution is -2.28. The van der Waals surface area contributed by atoms with E-state index in [0.717, 1.165) is 16.0 Å². The topological polar surface area (TPSA) is 44.4 Å². The van der Waals surface area contributed by atoms with Gasteiger partial charge in [0.05, 0.1) is 0 Å². The Morgan fingerprint density at radius 1 is 1.10 bits per heavy atom. The molecule has 0 aliphatic carbocycles. The van der Waals surface area contributed by atoms with Gasteiger partial charge < -0.3 is 4.90 Å². The molecule has 0 aliphatic rings. The van der Waals surface area contributed by atoms with E-state index in [9.17, 15) is 4.79 Å². The Kier molecular flexibility index (Phi) is 4.15. The Bertz CT molecular complexity index is 614. The van der Waals surface area contributed by atoms with Gasteiger partial charge in [0.2, 0.25) is 12.4 Å². The summed E-state index contributed by atoms with van der Waals surface area (Å²) in [6, 6.07) is 11.1. The van der Waals surface area contributed by atoms with Crippen LogP contribution in [0.15, 0.2) is 54.9 Å². The maximum absolute atomic E-state index is 11.9. The first kappa shape index (κ1) is 13.8. The van der Waals surface area contributed by atoms with Gasteiger partial charge in [-0.25, -0.2) is 0 Å². The highest BCUT2D eigenvalue weighted by atomic mass is 16.5. The van der Waals surface area contributed by atoms with Crippen molar-refractivity contribution in [2.75, 3.05) is 19.0 Å². The van der Waals surface area contributed by atoms with Gasteiger partial charge in [-0.05, 0) is 23.8 Å². The smallest absolute Gasteiger partial charge is 0.223 e. The molecule has 1 aromatic carbocycles. The van der Waals surface area contributed by atoms with Crippen LogP contribution >= 0.6 is 0 Å². The molecule has 2 aromatic rings. The maximum atomic E-state index is 11.9. The minimum Gasteiger partial charge on any atom is -0.378 e. The fraction of sp³-hybridized carbons (Fsp3) is 0.125. The highest BCUT2D eigenvalue weighted by molar-refractivity contribution is 6.06. The highest BCUT2D eigenvalue weighted by Crippen LogP contribution is 2.13. The average Bonchev–Trinajstić information content (AvgIpc) is 2.46. The first-order valence-corrected chi connectivity index (χ1v) is 6.26. The van der Waals surface area contributed by atoms with Crippen LogP contribution in [0.5, 0.6) is 0 Å². The average molecular weight is 269 g/mol. The van der Waals surface area contributed by atoms with E-state index in [1.165, 1.54) is 18.5 Å². The molecule has 4 heteroatoms. The van der Waals surface area contributed by atoms with Crippen LogP contribution in [0.3, 0.4) is 0 Å². The molecule has 2 rings (SSSR count). The van der Waals surface area contributed by atoms with Crippen LogP contribution in [0.4, 0.5) is 5.69 Å². The zero-order valence-corrected chi connectivity index (χ0v) is 11.5. The SMILES string of the molecule is CN(C)c1ccc(C=CC(=O)c2cc[n+](O)cc2)cc1. The Morgan fingerprint density at radius 2 is 1.70 bits per heavy atom. The molecule has 20 heavy (non-hydrogen) atoms. The molecule has 1 N–H and O–H groups in total. The second-order valence-electron chi connectivity index (χ2n) is 4.65. The minimum absolute atomic E-state index is 0.0951. The standard InChI is InChI=1S/C16H17N2O2/c1-17(2)15-6-3-13(4-7-15)5-8-16(19)14-9-11-18(20)12-10-14/h3-12,20H,1-2H3/q+1. The molecule has 102 valence electrons. The molecule has 1 aromatic heterocycles. The molecule has 0 unspecified atom stereocenters. The molecule has 0 bridgehead atoms. The van der Waals surface area contributed by atoms with Crippen molar-refractivity contribution in [3.05, 3.63) is 66.0 Å². The summed E-state index contributed by atoms with van der Waals surface area (Å²) in [5.74, 6) is -0.0951. The summed E-state index contributed by atoms with van der Waals surface area (Å²) in [4.78, 5) is 13.9. The van der Waals surface area contributed by atoms with Crippen molar-refractivity contribution in [1.29, 1.82) is 0 Å². The quantitative estimate of drug-likeness (QED) is 0.400. The number of pyridine rings is 1. The molecule has 0 amide bonds. The van der Waals surface area contributed by atoms with Crippen LogP contribution < -0.4 is 9.63 Å². The van der Waals surface area contributed by atoms with E-state index in [-0.39, 0.29) is 5.78 Å². The largest absolute Gasteiger partial charge is 0.378 e. The molecule has 0 spiro atoms. The number of anilines is 1. The van der Waals surface area contributed by atoms with E-state index >= 15 is 0 Å². The van der Waals surface area contributed by atoms with Crippen molar-refractivity contribution < 1.29 is 14.7 Å². The first-order chi connectivity index (χ1) is 9.56. The van der Waals surface area contributed by atoms with Gasteiger partial charge >= 0.3 is 0 Å². The number of carbonyl (C=O) groups excluding carboxylic acids is 1. The number of ketones is 1. The van der Waals surface area contributed by atoms with Crippen molar-refractivity contribution in [1.82, 2.24) is 0 Å². The van der Waals surface area contributed by atoms with Crippen LogP contribution in [0.2, 0.25) is 0 Å². The molecule has 0 radical (unpaired) electrons. The molecule has 4 nitrogen and oxygen atoms in total. The number of aromatic nitrogens is 1. The second kappa shape index (κ2) is 6.02. The van der Waals surface area contributed by atoms with Crippen LogP contribution in [0.1, 0.15) is 15.9 Å². The van der Waals surface area contributed by atoms with Gasteiger partial charge in [-0.3, -0.25) is 10.0 Å². The van der Waals surface area contributed by atoms with Crippen molar-refractivity contribution in [3.63, 3.8) is 0 Å². The Labute approximate surface area is 118 Å². The van der Waals surface area contributed by atoms with Crippen molar-refractivity contribution >= 4 is 17.5 Å². The summed E-state index contributed by atoms with van der Waals surface area (Å²) in [6.07, 6.45) is 6.16. The fourth-order valence-electron chi connectivity index (χ4n) is 1.73. The minimum atomic E-state index is -0.0951. The van der Waals surface area contributed by atoms with Gasteiger partial charge in [0, 0.05) is 42.2 Å². The molecule has 0 aliphatic heterocycles. The Morgan fingerprint density at radius 3 is 2.25 bits per heavy atom. The summed E-state index contributed by atoms with van der Waals surface area (Å²) >= 11 is 0. The van der Waals surface area contributed by atoms with Crippen molar-refractivity contribution in [2.45, 2.75) is 0 Å². The number of carbonyl (C=O) groups is 1. The van der Waals surface area contributed by atoms with Crippen LogP contribution in [-0.2, 0) is 0 Å². The number of allylic oxidation sites excluding steroid dienone is 1. The lowest BCUT2D eigenvalue weighted by atomic mass is 10.1. The molecular formula is C16H17N2O2+. The molecule has 0 atom stereocenters. The highest BCUT2D eigenvalue weighted by Gasteiger charge is 2.04. The number of nitrogens with zero attached hydrogens (tertiary/aromatic N) is 2. The zero-order valence-electron chi connectivity index (χ0n) is 11.5. The van der Waals surface area contributed by atoms with E-state index < -0.39 is 0 Å². The van der Waals surface area contributed by atoms with Gasteiger partial charge in [0.25, 0.3) is 0 Å². The third-order valence-corrected chi connectivity index (χ3v) is 2.93. The number of hydrogen-bond acceptors (Lipinski definition) is 3. The lowest BCUT2D eigenvalue weighted by molar-refractivity contribution is -0.904. The first-order valence-electron chi connectivity index (χ1n) is 6.26. The maximum Gasteiger partial charge on any atom is 0.223 e. The predicted molar refractivity (Wildman–Crippen MR) is 78.0 cm³/mol. The van der Waals surface area contributed by atoms with E-state index in [2.05, 4.69) is 0 Å². The molecular weight excluding hydrogens is 252 g/mol. The fourth-order valence-corrected chi connectivity index (χ4v) is 1.73. The lowest BCUT2D eigenvalue weighted by Gasteiger charge is -2.11.